The van der Waals surface area contributed by atoms with Gasteiger partial charge in [-0.1, -0.05) is 6.08 Å². The molecule has 0 heterocycles. The molecule has 0 saturated heterocycles. The number of ether oxygens (including phenoxy) is 1. The van der Waals surface area contributed by atoms with Gasteiger partial charge in [-0.15, -0.1) is 6.58 Å². The van der Waals surface area contributed by atoms with Crippen molar-refractivity contribution in [3.63, 3.8) is 0 Å². The van der Waals surface area contributed by atoms with Crippen LogP contribution < -0.4 is 5.32 Å². The third kappa shape index (κ3) is 6.60. The highest BCUT2D eigenvalue weighted by Crippen LogP contribution is 2.21. The minimum Gasteiger partial charge on any atom is -0.368 e. The third-order valence-corrected chi connectivity index (χ3v) is 1.40. The van der Waals surface area contributed by atoms with Crippen LogP contribution in [0.4, 0.5) is 13.2 Å². The molecule has 0 saturated carbocycles. The molecule has 0 rings (SSSR count). The Kier molecular flexibility index (Phi) is 5.73. The van der Waals surface area contributed by atoms with E-state index in [1.54, 1.807) is 6.08 Å². The zero-order valence-corrected chi connectivity index (χ0v) is 7.53. The van der Waals surface area contributed by atoms with E-state index in [0.717, 1.165) is 6.92 Å². The first-order chi connectivity index (χ1) is 5.98. The number of hydrogen-bond donors (Lipinski definition) is 1. The first-order valence-electron chi connectivity index (χ1n) is 3.98. The second-order valence-corrected chi connectivity index (χ2v) is 2.55. The van der Waals surface area contributed by atoms with E-state index < -0.39 is 12.3 Å². The second kappa shape index (κ2) is 5.99. The minimum absolute atomic E-state index is 0.0501. The van der Waals surface area contributed by atoms with Gasteiger partial charge in [-0.05, 0) is 6.92 Å². The van der Waals surface area contributed by atoms with Crippen LogP contribution in [0.3, 0.4) is 0 Å². The second-order valence-electron chi connectivity index (χ2n) is 2.55. The smallest absolute Gasteiger partial charge is 0.368 e. The number of rotatable bonds is 6. The molecule has 1 unspecified atom stereocenters. The van der Waals surface area contributed by atoms with E-state index in [2.05, 4.69) is 16.6 Å². The number of alkyl halides is 3. The Bertz CT molecular complexity index is 147. The lowest BCUT2D eigenvalue weighted by molar-refractivity contribution is -0.213. The minimum atomic E-state index is -4.27. The van der Waals surface area contributed by atoms with Crippen molar-refractivity contribution in [2.45, 2.75) is 19.2 Å². The van der Waals surface area contributed by atoms with Crippen LogP contribution in [0, 0.1) is 0 Å². The summed E-state index contributed by atoms with van der Waals surface area (Å²) in [5.74, 6) is 0. The maximum atomic E-state index is 11.9. The van der Waals surface area contributed by atoms with Crippen LogP contribution in [0.15, 0.2) is 12.7 Å². The lowest BCUT2D eigenvalue weighted by Crippen LogP contribution is -2.31. The topological polar surface area (TPSA) is 21.3 Å². The van der Waals surface area contributed by atoms with E-state index in [-0.39, 0.29) is 6.61 Å². The molecule has 2 nitrogen and oxygen atoms in total. The van der Waals surface area contributed by atoms with Crippen molar-refractivity contribution in [2.75, 3.05) is 19.7 Å². The fraction of sp³-hybridized carbons (Fsp3) is 0.750. The first-order valence-corrected chi connectivity index (χ1v) is 3.98. The predicted octanol–water partition coefficient (Wildman–Crippen LogP) is 1.73. The molecule has 0 spiro atoms. The van der Waals surface area contributed by atoms with Crippen molar-refractivity contribution < 1.29 is 17.9 Å². The zero-order valence-electron chi connectivity index (χ0n) is 7.53. The number of nitrogens with one attached hydrogen (secondary N) is 1. The summed E-state index contributed by atoms with van der Waals surface area (Å²) < 4.78 is 40.1. The molecular weight excluding hydrogens is 183 g/mol. The monoisotopic (exact) mass is 197 g/mol. The average molecular weight is 197 g/mol. The summed E-state index contributed by atoms with van der Waals surface area (Å²) in [5, 5.41) is 2.83. The molecule has 78 valence electrons. The molecule has 1 atom stereocenters. The highest BCUT2D eigenvalue weighted by atomic mass is 19.4. The Hall–Kier alpha value is -0.550. The van der Waals surface area contributed by atoms with Crippen LogP contribution in [0.25, 0.3) is 0 Å². The van der Waals surface area contributed by atoms with Crippen LogP contribution in [0.2, 0.25) is 0 Å². The van der Waals surface area contributed by atoms with Crippen molar-refractivity contribution in [1.29, 1.82) is 0 Å². The summed E-state index contributed by atoms with van der Waals surface area (Å²) >= 11 is 0. The molecule has 1 N–H and O–H groups in total. The SMILES string of the molecule is C=CCNCCOC(C)C(F)(F)F. The van der Waals surface area contributed by atoms with E-state index in [1.165, 1.54) is 0 Å². The van der Waals surface area contributed by atoms with Gasteiger partial charge in [-0.3, -0.25) is 0 Å². The van der Waals surface area contributed by atoms with Crippen molar-refractivity contribution >= 4 is 0 Å². The van der Waals surface area contributed by atoms with Crippen LogP contribution >= 0.6 is 0 Å². The van der Waals surface area contributed by atoms with E-state index in [1.807, 2.05) is 0 Å². The summed E-state index contributed by atoms with van der Waals surface area (Å²) in [7, 11) is 0. The van der Waals surface area contributed by atoms with Crippen LogP contribution in [0.5, 0.6) is 0 Å². The lowest BCUT2D eigenvalue weighted by Gasteiger charge is -2.16. The first kappa shape index (κ1) is 12.4. The fourth-order valence-electron chi connectivity index (χ4n) is 0.606. The fourth-order valence-corrected chi connectivity index (χ4v) is 0.606. The Morgan fingerprint density at radius 1 is 1.54 bits per heavy atom. The van der Waals surface area contributed by atoms with Gasteiger partial charge in [0, 0.05) is 13.1 Å². The molecule has 0 amide bonds. The van der Waals surface area contributed by atoms with Gasteiger partial charge in [-0.25, -0.2) is 0 Å². The predicted molar refractivity (Wildman–Crippen MR) is 44.5 cm³/mol. The maximum absolute atomic E-state index is 11.9. The quantitative estimate of drug-likeness (QED) is 0.517. The van der Waals surface area contributed by atoms with E-state index >= 15 is 0 Å². The number of halogens is 3. The van der Waals surface area contributed by atoms with Crippen LogP contribution in [0.1, 0.15) is 6.92 Å². The maximum Gasteiger partial charge on any atom is 0.414 e. The highest BCUT2D eigenvalue weighted by Gasteiger charge is 2.36. The lowest BCUT2D eigenvalue weighted by atomic mass is 10.4. The Balaban J connectivity index is 3.37. The highest BCUT2D eigenvalue weighted by molar-refractivity contribution is 4.69. The molecule has 0 aromatic heterocycles. The molecule has 0 fully saturated rings. The third-order valence-electron chi connectivity index (χ3n) is 1.40. The summed E-state index contributed by atoms with van der Waals surface area (Å²) in [6.07, 6.45) is -4.33. The van der Waals surface area contributed by atoms with Gasteiger partial charge in [0.15, 0.2) is 6.10 Å². The number of hydrogen-bond acceptors (Lipinski definition) is 2. The van der Waals surface area contributed by atoms with Crippen molar-refractivity contribution in [2.24, 2.45) is 0 Å². The molecule has 5 heteroatoms. The molecule has 0 aliphatic heterocycles. The van der Waals surface area contributed by atoms with Gasteiger partial charge in [-0.2, -0.15) is 13.2 Å². The van der Waals surface area contributed by atoms with E-state index in [0.29, 0.717) is 13.1 Å². The van der Waals surface area contributed by atoms with Crippen molar-refractivity contribution in [3.05, 3.63) is 12.7 Å². The molecule has 0 aromatic rings. The molecular formula is C8H14F3NO. The summed E-state index contributed by atoms with van der Waals surface area (Å²) in [6.45, 7) is 5.46. The molecule has 0 aliphatic rings. The molecule has 0 aliphatic carbocycles. The van der Waals surface area contributed by atoms with Crippen LogP contribution in [-0.2, 0) is 4.74 Å². The van der Waals surface area contributed by atoms with Gasteiger partial charge in [0.25, 0.3) is 0 Å². The van der Waals surface area contributed by atoms with Gasteiger partial charge in [0.05, 0.1) is 6.61 Å². The molecule has 0 aromatic carbocycles. The van der Waals surface area contributed by atoms with Gasteiger partial charge in [0.1, 0.15) is 0 Å². The van der Waals surface area contributed by atoms with Crippen molar-refractivity contribution in [3.8, 4) is 0 Å². The summed E-state index contributed by atoms with van der Waals surface area (Å²) in [4.78, 5) is 0. The van der Waals surface area contributed by atoms with Gasteiger partial charge >= 0.3 is 6.18 Å². The Morgan fingerprint density at radius 2 is 2.15 bits per heavy atom. The van der Waals surface area contributed by atoms with E-state index in [9.17, 15) is 13.2 Å². The average Bonchev–Trinajstić information content (AvgIpc) is 2.02. The molecule has 13 heavy (non-hydrogen) atoms. The van der Waals surface area contributed by atoms with Crippen molar-refractivity contribution in [1.82, 2.24) is 5.32 Å². The summed E-state index contributed by atoms with van der Waals surface area (Å²) in [5.41, 5.74) is 0. The largest absolute Gasteiger partial charge is 0.414 e. The molecule has 0 bridgehead atoms. The van der Waals surface area contributed by atoms with Gasteiger partial charge < -0.3 is 10.1 Å². The summed E-state index contributed by atoms with van der Waals surface area (Å²) in [6, 6.07) is 0. The Labute approximate surface area is 75.8 Å². The van der Waals surface area contributed by atoms with Gasteiger partial charge in [0.2, 0.25) is 0 Å². The normalized spacial score (nSPS) is 14.2. The van der Waals surface area contributed by atoms with E-state index in [4.69, 9.17) is 0 Å². The standard InChI is InChI=1S/C8H14F3NO/c1-3-4-12-5-6-13-7(2)8(9,10)11/h3,7,12H,1,4-6H2,2H3. The molecule has 0 radical (unpaired) electrons. The van der Waals surface area contributed by atoms with Crippen LogP contribution in [-0.4, -0.2) is 32.0 Å². The Morgan fingerprint density at radius 3 is 2.62 bits per heavy atom. The zero-order chi connectivity index (χ0) is 10.3.